The van der Waals surface area contributed by atoms with E-state index in [9.17, 15) is 24.5 Å². The highest BCUT2D eigenvalue weighted by Crippen LogP contribution is 2.44. The second-order valence-electron chi connectivity index (χ2n) is 6.37. The molecule has 0 aromatic heterocycles. The maximum absolute atomic E-state index is 12.0. The predicted molar refractivity (Wildman–Crippen MR) is 97.1 cm³/mol. The number of nitro groups is 1. The van der Waals surface area contributed by atoms with Gasteiger partial charge in [-0.2, -0.15) is 5.01 Å². The molecule has 1 saturated heterocycles. The Morgan fingerprint density at radius 1 is 1.38 bits per heavy atom. The number of hydrogen-bond donors (Lipinski definition) is 1. The first-order valence-electron chi connectivity index (χ1n) is 7.85. The Balaban J connectivity index is 2.14. The van der Waals surface area contributed by atoms with Crippen LogP contribution in [0.3, 0.4) is 0 Å². The summed E-state index contributed by atoms with van der Waals surface area (Å²) in [5.41, 5.74) is -0.218. The van der Waals surface area contributed by atoms with Gasteiger partial charge >= 0.3 is 5.97 Å². The molecule has 0 bridgehead atoms. The number of imide groups is 1. The summed E-state index contributed by atoms with van der Waals surface area (Å²) < 4.78 is -0.366. The van der Waals surface area contributed by atoms with E-state index in [1.165, 1.54) is 38.9 Å². The molecule has 2 aliphatic rings. The molecule has 9 nitrogen and oxygen atoms in total. The van der Waals surface area contributed by atoms with Crippen LogP contribution in [0.5, 0.6) is 0 Å². The minimum atomic E-state index is -0.880. The number of carbonyl (C=O) groups is 3. The number of carbonyl (C=O) groups excluding carboxylic acids is 2. The molecule has 0 aromatic carbocycles. The van der Waals surface area contributed by atoms with Crippen molar-refractivity contribution in [3.05, 3.63) is 34.2 Å². The number of carboxylic acid groups (broad SMARTS) is 1. The first-order valence-corrected chi connectivity index (χ1v) is 10.1. The van der Waals surface area contributed by atoms with Crippen LogP contribution < -0.4 is 0 Å². The molecule has 2 rings (SSSR count). The van der Waals surface area contributed by atoms with E-state index in [4.69, 9.17) is 5.11 Å². The average Bonchev–Trinajstić information content (AvgIpc) is 2.90. The second-order valence-corrected chi connectivity index (χ2v) is 9.40. The normalized spacial score (nSPS) is 20.5. The fraction of sp³-hybridized carbons (Fsp3) is 0.533. The van der Waals surface area contributed by atoms with E-state index in [0.29, 0.717) is 6.42 Å². The topological polar surface area (TPSA) is 121 Å². The van der Waals surface area contributed by atoms with Gasteiger partial charge in [0.15, 0.2) is 0 Å². The first kappa shape index (κ1) is 20.3. The van der Waals surface area contributed by atoms with Gasteiger partial charge in [0.05, 0.1) is 4.92 Å². The number of hydrogen-bond acceptors (Lipinski definition) is 8. The standard InChI is InChI=1S/C15H19N3O6S2/c1-15(2,8-7-14(21)22)26-25-13-6-3-10(18(23)24)9-16(13)17-11(19)4-5-12(17)20/h3,6,9,13H,4-5,7-8H2,1-2H3,(H,21,22). The molecule has 0 aromatic rings. The Morgan fingerprint density at radius 3 is 2.54 bits per heavy atom. The highest BCUT2D eigenvalue weighted by atomic mass is 33.1. The van der Waals surface area contributed by atoms with E-state index in [1.54, 1.807) is 6.08 Å². The zero-order valence-electron chi connectivity index (χ0n) is 14.3. The highest BCUT2D eigenvalue weighted by molar-refractivity contribution is 8.77. The van der Waals surface area contributed by atoms with E-state index in [2.05, 4.69) is 0 Å². The molecule has 1 unspecified atom stereocenters. The van der Waals surface area contributed by atoms with E-state index in [-0.39, 0.29) is 29.7 Å². The average molecular weight is 401 g/mol. The minimum absolute atomic E-state index is 0.0270. The molecule has 142 valence electrons. The lowest BCUT2D eigenvalue weighted by Crippen LogP contribution is -2.47. The molecule has 0 radical (unpaired) electrons. The lowest BCUT2D eigenvalue weighted by molar-refractivity contribution is -0.420. The summed E-state index contributed by atoms with van der Waals surface area (Å²) >= 11 is 0. The largest absolute Gasteiger partial charge is 0.481 e. The molecule has 2 heterocycles. The van der Waals surface area contributed by atoms with Crippen molar-refractivity contribution in [1.29, 1.82) is 0 Å². The van der Waals surface area contributed by atoms with Crippen molar-refractivity contribution < 1.29 is 24.4 Å². The number of hydrazine groups is 1. The van der Waals surface area contributed by atoms with Gasteiger partial charge in [-0.3, -0.25) is 29.5 Å². The van der Waals surface area contributed by atoms with Crippen molar-refractivity contribution in [2.45, 2.75) is 49.7 Å². The molecule has 0 aliphatic carbocycles. The predicted octanol–water partition coefficient (Wildman–Crippen LogP) is 2.39. The third-order valence-corrected chi connectivity index (χ3v) is 7.29. The molecule has 2 aliphatic heterocycles. The summed E-state index contributed by atoms with van der Waals surface area (Å²) in [4.78, 5) is 45.3. The third kappa shape index (κ3) is 5.01. The summed E-state index contributed by atoms with van der Waals surface area (Å²) in [7, 11) is 2.73. The summed E-state index contributed by atoms with van der Waals surface area (Å²) in [5.74, 6) is -1.68. The van der Waals surface area contributed by atoms with Gasteiger partial charge in [-0.15, -0.1) is 0 Å². The first-order chi connectivity index (χ1) is 12.1. The van der Waals surface area contributed by atoms with Gasteiger partial charge in [-0.05, 0) is 26.3 Å². The van der Waals surface area contributed by atoms with Crippen LogP contribution in [-0.2, 0) is 14.4 Å². The third-order valence-electron chi connectivity index (χ3n) is 3.74. The minimum Gasteiger partial charge on any atom is -0.481 e. The zero-order valence-corrected chi connectivity index (χ0v) is 15.9. The van der Waals surface area contributed by atoms with Crippen molar-refractivity contribution in [1.82, 2.24) is 10.0 Å². The maximum Gasteiger partial charge on any atom is 0.303 e. The quantitative estimate of drug-likeness (QED) is 0.283. The van der Waals surface area contributed by atoms with E-state index < -0.39 is 28.1 Å². The van der Waals surface area contributed by atoms with Crippen molar-refractivity contribution in [2.24, 2.45) is 0 Å². The molecule has 26 heavy (non-hydrogen) atoms. The monoisotopic (exact) mass is 401 g/mol. The Bertz CT molecular complexity index is 675. The van der Waals surface area contributed by atoms with Gasteiger partial charge in [-0.25, -0.2) is 0 Å². The lowest BCUT2D eigenvalue weighted by atomic mass is 10.1. The summed E-state index contributed by atoms with van der Waals surface area (Å²) in [5, 5.41) is 21.6. The smallest absolute Gasteiger partial charge is 0.303 e. The van der Waals surface area contributed by atoms with Crippen LogP contribution >= 0.6 is 21.6 Å². The molecule has 0 saturated carbocycles. The van der Waals surface area contributed by atoms with Crippen LogP contribution in [-0.4, -0.2) is 48.0 Å². The molecule has 1 fully saturated rings. The van der Waals surface area contributed by atoms with Crippen LogP contribution in [0.25, 0.3) is 0 Å². The molecule has 1 N–H and O–H groups in total. The van der Waals surface area contributed by atoms with E-state index in [1.807, 2.05) is 13.8 Å². The van der Waals surface area contributed by atoms with Gasteiger partial charge in [-0.1, -0.05) is 21.6 Å². The maximum atomic E-state index is 12.0. The van der Waals surface area contributed by atoms with E-state index in [0.717, 1.165) is 5.01 Å². The highest BCUT2D eigenvalue weighted by Gasteiger charge is 2.39. The molecular formula is C15H19N3O6S2. The Morgan fingerprint density at radius 2 is 2.00 bits per heavy atom. The molecule has 2 amide bonds. The van der Waals surface area contributed by atoms with Crippen LogP contribution in [0.15, 0.2) is 24.0 Å². The van der Waals surface area contributed by atoms with Gasteiger partial charge in [0, 0.05) is 30.1 Å². The lowest BCUT2D eigenvalue weighted by Gasteiger charge is -2.36. The van der Waals surface area contributed by atoms with Crippen LogP contribution in [0, 0.1) is 10.1 Å². The second kappa shape index (κ2) is 8.12. The van der Waals surface area contributed by atoms with Crippen LogP contribution in [0.2, 0.25) is 0 Å². The fourth-order valence-corrected chi connectivity index (χ4v) is 5.04. The van der Waals surface area contributed by atoms with Crippen molar-refractivity contribution in [2.75, 3.05) is 0 Å². The fourth-order valence-electron chi connectivity index (χ4n) is 2.33. The molecule has 1 atom stereocenters. The number of rotatable bonds is 8. The number of allylic oxidation sites excluding steroid dienone is 1. The number of carboxylic acids is 1. The SMILES string of the molecule is CC(C)(CCC(=O)O)SSC1C=CC([N+](=O)[O-])=CN1N1C(=O)CCC1=O. The Labute approximate surface area is 158 Å². The van der Waals surface area contributed by atoms with Crippen molar-refractivity contribution in [3.63, 3.8) is 0 Å². The number of aliphatic carboxylic acids is 1. The van der Waals surface area contributed by atoms with E-state index >= 15 is 0 Å². The zero-order chi connectivity index (χ0) is 19.5. The Hall–Kier alpha value is -2.01. The number of nitrogens with zero attached hydrogens (tertiary/aromatic N) is 3. The van der Waals surface area contributed by atoms with Crippen molar-refractivity contribution in [3.8, 4) is 0 Å². The van der Waals surface area contributed by atoms with Gasteiger partial charge in [0.2, 0.25) is 11.8 Å². The molecular weight excluding hydrogens is 382 g/mol. The van der Waals surface area contributed by atoms with Crippen LogP contribution in [0.4, 0.5) is 0 Å². The summed E-state index contributed by atoms with van der Waals surface area (Å²) in [6.07, 6.45) is 4.70. The molecule has 0 spiro atoms. The van der Waals surface area contributed by atoms with Crippen molar-refractivity contribution >= 4 is 39.4 Å². The van der Waals surface area contributed by atoms with Crippen LogP contribution in [0.1, 0.15) is 39.5 Å². The summed E-state index contributed by atoms with van der Waals surface area (Å²) in [6, 6.07) is 0. The Kier molecular flexibility index (Phi) is 6.34. The summed E-state index contributed by atoms with van der Waals surface area (Å²) in [6.45, 7) is 3.80. The van der Waals surface area contributed by atoms with Gasteiger partial charge in [0.25, 0.3) is 5.70 Å². The number of amides is 2. The van der Waals surface area contributed by atoms with Gasteiger partial charge in [0.1, 0.15) is 11.6 Å². The van der Waals surface area contributed by atoms with Gasteiger partial charge < -0.3 is 5.11 Å². The molecule has 11 heteroatoms.